The van der Waals surface area contributed by atoms with E-state index in [0.717, 1.165) is 28.0 Å². The third-order valence-electron chi connectivity index (χ3n) is 6.99. The fourth-order valence-electron chi connectivity index (χ4n) is 4.81. The fraction of sp³-hybridized carbons (Fsp3) is 0.206. The van der Waals surface area contributed by atoms with Crippen LogP contribution in [-0.2, 0) is 6.61 Å². The average molecular weight is 714 g/mol. The van der Waals surface area contributed by atoms with Gasteiger partial charge in [0, 0.05) is 16.1 Å². The number of fused-ring (bicyclic) bond motifs is 1. The molecule has 0 saturated carbocycles. The van der Waals surface area contributed by atoms with Gasteiger partial charge in [0.1, 0.15) is 18.1 Å². The first kappa shape index (κ1) is 32.0. The molecule has 44 heavy (non-hydrogen) atoms. The first-order chi connectivity index (χ1) is 21.1. The highest BCUT2D eigenvalue weighted by Gasteiger charge is 2.19. The van der Waals surface area contributed by atoms with Crippen LogP contribution in [0.1, 0.15) is 48.9 Å². The molecule has 6 nitrogen and oxygen atoms in total. The molecule has 5 rings (SSSR count). The lowest BCUT2D eigenvalue weighted by molar-refractivity contribution is 0.304. The molecule has 0 aliphatic rings. The van der Waals surface area contributed by atoms with Gasteiger partial charge in [-0.3, -0.25) is 4.79 Å². The van der Waals surface area contributed by atoms with E-state index >= 15 is 0 Å². The van der Waals surface area contributed by atoms with Crippen LogP contribution in [-0.4, -0.2) is 22.5 Å². The number of halogens is 4. The normalized spacial score (nSPS) is 11.6. The molecule has 0 aliphatic heterocycles. The van der Waals surface area contributed by atoms with Gasteiger partial charge in [0.2, 0.25) is 0 Å². The van der Waals surface area contributed by atoms with Gasteiger partial charge in [-0.25, -0.2) is 4.98 Å². The van der Waals surface area contributed by atoms with Crippen LogP contribution in [0.15, 0.2) is 81.1 Å². The van der Waals surface area contributed by atoms with Crippen LogP contribution in [0.5, 0.6) is 11.5 Å². The van der Waals surface area contributed by atoms with Crippen molar-refractivity contribution in [1.82, 2.24) is 9.66 Å². The quantitative estimate of drug-likeness (QED) is 0.143. The van der Waals surface area contributed by atoms with Gasteiger partial charge in [0.05, 0.1) is 38.2 Å². The van der Waals surface area contributed by atoms with Crippen LogP contribution < -0.4 is 15.0 Å². The van der Waals surface area contributed by atoms with E-state index in [1.807, 2.05) is 44.2 Å². The van der Waals surface area contributed by atoms with E-state index in [1.165, 1.54) is 4.68 Å². The van der Waals surface area contributed by atoms with E-state index in [9.17, 15) is 4.79 Å². The van der Waals surface area contributed by atoms with Gasteiger partial charge < -0.3 is 9.47 Å². The summed E-state index contributed by atoms with van der Waals surface area (Å²) in [7, 11) is 0. The van der Waals surface area contributed by atoms with Gasteiger partial charge in [-0.1, -0.05) is 66.8 Å². The Kier molecular flexibility index (Phi) is 10.0. The van der Waals surface area contributed by atoms with Crippen molar-refractivity contribution in [3.63, 3.8) is 0 Å². The van der Waals surface area contributed by atoms with E-state index in [4.69, 9.17) is 49.3 Å². The second-order valence-electron chi connectivity index (χ2n) is 10.4. The predicted octanol–water partition coefficient (Wildman–Crippen LogP) is 10.1. The van der Waals surface area contributed by atoms with Gasteiger partial charge in [0.15, 0.2) is 5.82 Å². The van der Waals surface area contributed by atoms with Crippen molar-refractivity contribution in [2.45, 2.75) is 40.2 Å². The van der Waals surface area contributed by atoms with Crippen molar-refractivity contribution in [3.05, 3.63) is 119 Å². The lowest BCUT2D eigenvalue weighted by Gasteiger charge is -2.18. The minimum absolute atomic E-state index is 0.180. The molecule has 1 aromatic heterocycles. The van der Waals surface area contributed by atoms with Crippen molar-refractivity contribution in [1.29, 1.82) is 0 Å². The summed E-state index contributed by atoms with van der Waals surface area (Å²) in [5.41, 5.74) is 4.35. The summed E-state index contributed by atoms with van der Waals surface area (Å²) >= 11 is 22.3. The van der Waals surface area contributed by atoms with Crippen molar-refractivity contribution in [2.75, 3.05) is 6.61 Å². The summed E-state index contributed by atoms with van der Waals surface area (Å²) in [5.74, 6) is 1.90. The Morgan fingerprint density at radius 1 is 1.00 bits per heavy atom. The fourth-order valence-corrected chi connectivity index (χ4v) is 6.08. The van der Waals surface area contributed by atoms with E-state index in [2.05, 4.69) is 34.9 Å². The van der Waals surface area contributed by atoms with Crippen LogP contribution in [0, 0.1) is 6.92 Å². The minimum Gasteiger partial charge on any atom is -0.494 e. The van der Waals surface area contributed by atoms with E-state index in [-0.39, 0.29) is 18.1 Å². The van der Waals surface area contributed by atoms with Crippen LogP contribution >= 0.6 is 50.7 Å². The Bertz CT molecular complexity index is 1960. The van der Waals surface area contributed by atoms with Crippen LogP contribution in [0.4, 0.5) is 0 Å². The van der Waals surface area contributed by atoms with Crippen LogP contribution in [0.2, 0.25) is 15.1 Å². The number of aromatic nitrogens is 2. The summed E-state index contributed by atoms with van der Waals surface area (Å²) in [6.07, 6.45) is 1.55. The molecule has 226 valence electrons. The molecule has 0 spiro atoms. The Balaban J connectivity index is 1.65. The largest absolute Gasteiger partial charge is 0.494 e. The summed E-state index contributed by atoms with van der Waals surface area (Å²) in [6, 6.07) is 20.0. The first-order valence-electron chi connectivity index (χ1n) is 14.0. The standard InChI is InChI=1S/C34H29BrCl3N3O3/c1-5-43-31-12-20(4)26(16-25(31)19(2)3)33-40-30-9-7-6-8-24(30)34(42)41(33)39-17-22-14-23(36)15-27(35)32(22)44-18-21-10-11-28(37)29(38)13-21/h6-17,19H,5,18H2,1-4H3. The summed E-state index contributed by atoms with van der Waals surface area (Å²) in [4.78, 5) is 18.8. The molecule has 0 bridgehead atoms. The Hall–Kier alpha value is -3.36. The lowest BCUT2D eigenvalue weighted by atomic mass is 9.96. The van der Waals surface area contributed by atoms with Gasteiger partial charge in [0.25, 0.3) is 5.56 Å². The summed E-state index contributed by atoms with van der Waals surface area (Å²) in [5, 5.41) is 6.50. The predicted molar refractivity (Wildman–Crippen MR) is 184 cm³/mol. The number of ether oxygens (including phenoxy) is 2. The van der Waals surface area contributed by atoms with Crippen molar-refractivity contribution in [2.24, 2.45) is 5.10 Å². The Morgan fingerprint density at radius 3 is 2.50 bits per heavy atom. The van der Waals surface area contributed by atoms with Gasteiger partial charge in [-0.2, -0.15) is 9.78 Å². The molecule has 10 heteroatoms. The molecule has 4 aromatic carbocycles. The number of nitrogens with zero attached hydrogens (tertiary/aromatic N) is 3. The second-order valence-corrected chi connectivity index (χ2v) is 12.6. The molecule has 0 N–H and O–H groups in total. The topological polar surface area (TPSA) is 65.7 Å². The van der Waals surface area contributed by atoms with Crippen LogP contribution in [0.3, 0.4) is 0 Å². The highest BCUT2D eigenvalue weighted by molar-refractivity contribution is 9.10. The molecule has 5 aromatic rings. The molecular weight excluding hydrogens is 685 g/mol. The molecule has 0 aliphatic carbocycles. The molecule has 0 radical (unpaired) electrons. The maximum Gasteiger partial charge on any atom is 0.282 e. The molecule has 0 saturated heterocycles. The second kappa shape index (κ2) is 13.7. The maximum atomic E-state index is 13.9. The van der Waals surface area contributed by atoms with E-state index < -0.39 is 0 Å². The highest BCUT2D eigenvalue weighted by atomic mass is 79.9. The SMILES string of the molecule is CCOc1cc(C)c(-c2nc3ccccc3c(=O)n2N=Cc2cc(Cl)cc(Br)c2OCc2ccc(Cl)c(Cl)c2)cc1C(C)C. The number of hydrogen-bond acceptors (Lipinski definition) is 5. The molecule has 0 fully saturated rings. The molecule has 0 atom stereocenters. The van der Waals surface area contributed by atoms with Crippen molar-refractivity contribution in [3.8, 4) is 22.9 Å². The Labute approximate surface area is 279 Å². The number of rotatable bonds is 9. The zero-order chi connectivity index (χ0) is 31.5. The number of hydrogen-bond donors (Lipinski definition) is 0. The third-order valence-corrected chi connectivity index (χ3v) is 8.54. The monoisotopic (exact) mass is 711 g/mol. The number of para-hydroxylation sites is 1. The molecule has 0 unspecified atom stereocenters. The van der Waals surface area contributed by atoms with Crippen molar-refractivity contribution < 1.29 is 9.47 Å². The molecule has 0 amide bonds. The highest BCUT2D eigenvalue weighted by Crippen LogP contribution is 2.35. The summed E-state index contributed by atoms with van der Waals surface area (Å²) in [6.45, 7) is 8.90. The average Bonchev–Trinajstić information content (AvgIpc) is 2.98. The van der Waals surface area contributed by atoms with E-state index in [1.54, 1.807) is 42.6 Å². The lowest BCUT2D eigenvalue weighted by Crippen LogP contribution is -2.21. The number of benzene rings is 4. The molecular formula is C34H29BrCl3N3O3. The van der Waals surface area contributed by atoms with Crippen LogP contribution in [0.25, 0.3) is 22.3 Å². The van der Waals surface area contributed by atoms with Gasteiger partial charge >= 0.3 is 0 Å². The minimum atomic E-state index is -0.305. The first-order valence-corrected chi connectivity index (χ1v) is 15.9. The maximum absolute atomic E-state index is 13.9. The molecule has 1 heterocycles. The van der Waals surface area contributed by atoms with E-state index in [0.29, 0.717) is 54.2 Å². The number of aryl methyl sites for hydroxylation is 1. The smallest absolute Gasteiger partial charge is 0.282 e. The third kappa shape index (κ3) is 6.81. The van der Waals surface area contributed by atoms with Gasteiger partial charge in [-0.15, -0.1) is 0 Å². The zero-order valence-electron chi connectivity index (χ0n) is 24.5. The zero-order valence-corrected chi connectivity index (χ0v) is 28.4. The Morgan fingerprint density at radius 2 is 1.77 bits per heavy atom. The summed E-state index contributed by atoms with van der Waals surface area (Å²) < 4.78 is 14.1. The van der Waals surface area contributed by atoms with Crippen molar-refractivity contribution >= 4 is 67.9 Å². The van der Waals surface area contributed by atoms with Gasteiger partial charge in [-0.05, 0) is 101 Å².